The summed E-state index contributed by atoms with van der Waals surface area (Å²) in [6, 6.07) is 12.9. The van der Waals surface area contributed by atoms with Gasteiger partial charge < -0.3 is 24.4 Å². The molecular formula is C46H54N6O8. The summed E-state index contributed by atoms with van der Waals surface area (Å²) in [5, 5.41) is 5.43. The molecule has 0 radical (unpaired) electrons. The van der Waals surface area contributed by atoms with Gasteiger partial charge in [-0.05, 0) is 77.8 Å². The number of pyridine rings is 1. The Balaban J connectivity index is 1.41. The topological polar surface area (TPSA) is 170 Å². The van der Waals surface area contributed by atoms with Gasteiger partial charge in [0.25, 0.3) is 11.8 Å². The van der Waals surface area contributed by atoms with Crippen LogP contribution >= 0.6 is 0 Å². The zero-order valence-corrected chi connectivity index (χ0v) is 35.0. The second-order valence-corrected chi connectivity index (χ2v) is 16.3. The summed E-state index contributed by atoms with van der Waals surface area (Å²) in [6.45, 7) is 15.9. The molecule has 1 saturated carbocycles. The van der Waals surface area contributed by atoms with E-state index in [0.29, 0.717) is 23.5 Å². The first-order valence-corrected chi connectivity index (χ1v) is 20.5. The zero-order valence-electron chi connectivity index (χ0n) is 35.0. The third-order valence-corrected chi connectivity index (χ3v) is 10.8. The molecule has 1 saturated heterocycles. The number of esters is 1. The van der Waals surface area contributed by atoms with Crippen molar-refractivity contribution >= 4 is 51.5 Å². The van der Waals surface area contributed by atoms with Crippen LogP contribution in [0.2, 0.25) is 0 Å². The molecule has 60 heavy (non-hydrogen) atoms. The van der Waals surface area contributed by atoms with E-state index in [9.17, 15) is 14.4 Å². The van der Waals surface area contributed by atoms with Crippen LogP contribution in [0.5, 0.6) is 5.88 Å². The third kappa shape index (κ3) is 9.32. The maximum Gasteiger partial charge on any atom is 0.418 e. The van der Waals surface area contributed by atoms with Crippen molar-refractivity contribution < 1.29 is 38.2 Å². The average Bonchev–Trinajstić information content (AvgIpc) is 3.80. The fourth-order valence-electron chi connectivity index (χ4n) is 7.79. The van der Waals surface area contributed by atoms with Crippen LogP contribution < -0.4 is 10.1 Å². The number of rotatable bonds is 16. The van der Waals surface area contributed by atoms with Gasteiger partial charge in [-0.2, -0.15) is 0 Å². The highest BCUT2D eigenvalue weighted by atomic mass is 16.6. The molecular weight excluding hydrogens is 765 g/mol. The normalized spacial score (nSPS) is 20.2. The molecule has 2 aromatic carbocycles. The van der Waals surface area contributed by atoms with Crippen LogP contribution in [0.3, 0.4) is 0 Å². The summed E-state index contributed by atoms with van der Waals surface area (Å²) in [7, 11) is 0. The van der Waals surface area contributed by atoms with Gasteiger partial charge in [0.15, 0.2) is 5.54 Å². The monoisotopic (exact) mass is 818 g/mol. The Morgan fingerprint density at radius 2 is 1.70 bits per heavy atom. The highest BCUT2D eigenvalue weighted by Gasteiger charge is 2.69. The molecule has 1 aliphatic heterocycles. The summed E-state index contributed by atoms with van der Waals surface area (Å²) >= 11 is 0. The summed E-state index contributed by atoms with van der Waals surface area (Å²) in [4.78, 5) is 87.4. The molecule has 4 aromatic rings. The highest BCUT2D eigenvalue weighted by Crippen LogP contribution is 2.51. The van der Waals surface area contributed by atoms with Crippen LogP contribution in [0.1, 0.15) is 88.8 Å². The van der Waals surface area contributed by atoms with E-state index in [0.717, 1.165) is 40.3 Å². The zero-order chi connectivity index (χ0) is 43.2. The Kier molecular flexibility index (Phi) is 13.3. The molecule has 6 rings (SSSR count). The van der Waals surface area contributed by atoms with Gasteiger partial charge in [-0.25, -0.2) is 24.5 Å². The number of fused-ring (bicyclic) bond motifs is 3. The molecule has 14 heteroatoms. The standard InChI is InChI=1S/C46H54N6O8/c1-8-11-12-13-14-23-36(49-39(53)37-27-47-29(4)26-48-37)41(54)51-28-31(59-40-34-21-16-15-19-32(34)33-20-17-18-22-35(33)50-40)24-38(51)42(55)52(44(57)60-45(5,6)7)46(25-30(46)9-2)43(56)58-10-3/h8-9,15-22,26-27,30-31,36,38H,1-2,10-14,23-25,28H2,3-7H3,(H,49,53)/t30-,31-,36?,38+,46?/m1/s1. The number of nitrogens with one attached hydrogen (secondary N) is 1. The fourth-order valence-corrected chi connectivity index (χ4v) is 7.79. The van der Waals surface area contributed by atoms with Crippen LogP contribution in [-0.4, -0.2) is 97.0 Å². The fraction of sp³-hybridized carbons (Fsp3) is 0.435. The lowest BCUT2D eigenvalue weighted by molar-refractivity contribution is -0.159. The van der Waals surface area contributed by atoms with Crippen LogP contribution in [0, 0.1) is 12.8 Å². The third-order valence-electron chi connectivity index (χ3n) is 10.8. The van der Waals surface area contributed by atoms with Gasteiger partial charge in [0, 0.05) is 29.3 Å². The van der Waals surface area contributed by atoms with Gasteiger partial charge in [-0.1, -0.05) is 61.4 Å². The number of hydrogen-bond acceptors (Lipinski definition) is 11. The lowest BCUT2D eigenvalue weighted by Crippen LogP contribution is -2.60. The van der Waals surface area contributed by atoms with E-state index in [4.69, 9.17) is 19.2 Å². The van der Waals surface area contributed by atoms with Gasteiger partial charge in [0.05, 0.1) is 30.6 Å². The lowest BCUT2D eigenvalue weighted by Gasteiger charge is -2.35. The van der Waals surface area contributed by atoms with Crippen molar-refractivity contribution in [1.29, 1.82) is 0 Å². The maximum absolute atomic E-state index is 15.3. The van der Waals surface area contributed by atoms with Crippen LogP contribution in [0.15, 0.2) is 86.2 Å². The number of amides is 4. The Bertz CT molecular complexity index is 2270. The second kappa shape index (κ2) is 18.4. The van der Waals surface area contributed by atoms with Crippen molar-refractivity contribution in [3.8, 4) is 5.88 Å². The van der Waals surface area contributed by atoms with Gasteiger partial charge in [0.1, 0.15) is 29.5 Å². The van der Waals surface area contributed by atoms with E-state index in [-0.39, 0.29) is 38.1 Å². The first-order chi connectivity index (χ1) is 28.7. The van der Waals surface area contributed by atoms with E-state index in [1.807, 2.05) is 54.6 Å². The first-order valence-electron chi connectivity index (χ1n) is 20.5. The average molecular weight is 819 g/mol. The van der Waals surface area contributed by atoms with Crippen LogP contribution in [0.25, 0.3) is 21.7 Å². The number of hydrogen-bond donors (Lipinski definition) is 1. The van der Waals surface area contributed by atoms with Crippen molar-refractivity contribution in [2.24, 2.45) is 5.92 Å². The molecule has 2 aliphatic rings. The molecule has 0 spiro atoms. The van der Waals surface area contributed by atoms with E-state index in [1.165, 1.54) is 23.4 Å². The van der Waals surface area contributed by atoms with Gasteiger partial charge >= 0.3 is 12.1 Å². The number of allylic oxidation sites excluding steroid dienone is 1. The van der Waals surface area contributed by atoms with Crippen LogP contribution in [-0.2, 0) is 23.9 Å². The minimum absolute atomic E-state index is 0.00298. The number of aryl methyl sites for hydroxylation is 1. The van der Waals surface area contributed by atoms with Crippen molar-refractivity contribution in [1.82, 2.24) is 30.1 Å². The number of likely N-dealkylation sites (tertiary alicyclic amines) is 1. The van der Waals surface area contributed by atoms with Crippen molar-refractivity contribution in [3.63, 3.8) is 0 Å². The SMILES string of the molecule is C=CCCCCCC(NC(=O)c1cnc(C)cn1)C(=O)N1C[C@H](Oc2nc3ccccc3c3ccccc23)C[C@H]1C(=O)N(C(=O)OC(C)(C)C)C1(C(=O)OCC)C[C@H]1C=C. The molecule has 3 heterocycles. The summed E-state index contributed by atoms with van der Waals surface area (Å²) in [6.07, 6.45) is 7.43. The predicted molar refractivity (Wildman–Crippen MR) is 226 cm³/mol. The van der Waals surface area contributed by atoms with Gasteiger partial charge in [-0.3, -0.25) is 19.4 Å². The highest BCUT2D eigenvalue weighted by molar-refractivity contribution is 6.08. The number of para-hydroxylation sites is 1. The molecule has 4 amide bonds. The van der Waals surface area contributed by atoms with E-state index in [2.05, 4.69) is 28.4 Å². The maximum atomic E-state index is 15.3. The van der Waals surface area contributed by atoms with E-state index < -0.39 is 65.0 Å². The van der Waals surface area contributed by atoms with Crippen LogP contribution in [0.4, 0.5) is 4.79 Å². The molecule has 5 atom stereocenters. The number of benzene rings is 2. The Morgan fingerprint density at radius 3 is 2.35 bits per heavy atom. The number of ether oxygens (including phenoxy) is 3. The number of carbonyl (C=O) groups is 5. The molecule has 1 N–H and O–H groups in total. The lowest BCUT2D eigenvalue weighted by atomic mass is 10.0. The molecule has 0 bridgehead atoms. The van der Waals surface area contributed by atoms with E-state index >= 15 is 9.59 Å². The predicted octanol–water partition coefficient (Wildman–Crippen LogP) is 7.04. The minimum atomic E-state index is -1.75. The summed E-state index contributed by atoms with van der Waals surface area (Å²) < 4.78 is 17.9. The van der Waals surface area contributed by atoms with Gasteiger partial charge in [-0.15, -0.1) is 13.2 Å². The second-order valence-electron chi connectivity index (χ2n) is 16.3. The molecule has 1 aliphatic carbocycles. The van der Waals surface area contributed by atoms with E-state index in [1.54, 1.807) is 34.6 Å². The largest absolute Gasteiger partial charge is 0.472 e. The number of aromatic nitrogens is 3. The number of unbranched alkanes of at least 4 members (excludes halogenated alkanes) is 3. The molecule has 316 valence electrons. The molecule has 2 aromatic heterocycles. The smallest absolute Gasteiger partial charge is 0.418 e. The van der Waals surface area contributed by atoms with Crippen molar-refractivity contribution in [3.05, 3.63) is 97.6 Å². The van der Waals surface area contributed by atoms with Crippen molar-refractivity contribution in [2.75, 3.05) is 13.2 Å². The number of nitrogens with zero attached hydrogens (tertiary/aromatic N) is 5. The quantitative estimate of drug-likeness (QED) is 0.0533. The Morgan fingerprint density at radius 1 is 0.983 bits per heavy atom. The number of carbonyl (C=O) groups excluding carboxylic acids is 5. The molecule has 2 fully saturated rings. The summed E-state index contributed by atoms with van der Waals surface area (Å²) in [5.74, 6) is -3.14. The molecule has 2 unspecified atom stereocenters. The number of imide groups is 1. The minimum Gasteiger partial charge on any atom is -0.472 e. The Hall–Kier alpha value is -6.18. The first kappa shape index (κ1) is 43.4. The molecule has 14 nitrogen and oxygen atoms in total. The van der Waals surface area contributed by atoms with Crippen molar-refractivity contribution in [2.45, 2.75) is 109 Å². The Labute approximate surface area is 350 Å². The van der Waals surface area contributed by atoms with Gasteiger partial charge in [0.2, 0.25) is 11.8 Å². The summed E-state index contributed by atoms with van der Waals surface area (Å²) in [5.41, 5.74) is -1.47.